The van der Waals surface area contributed by atoms with Crippen LogP contribution in [-0.4, -0.2) is 0 Å². The lowest BCUT2D eigenvalue weighted by Gasteiger charge is -2.12. The van der Waals surface area contributed by atoms with Gasteiger partial charge in [-0.15, -0.1) is 0 Å². The van der Waals surface area contributed by atoms with Crippen LogP contribution in [0.25, 0.3) is 10.8 Å². The summed E-state index contributed by atoms with van der Waals surface area (Å²) in [5.41, 5.74) is 3.90. The maximum Gasteiger partial charge on any atom is 0.0998 e. The molecule has 3 aromatic carbocycles. The lowest BCUT2D eigenvalue weighted by atomic mass is 10.0. The summed E-state index contributed by atoms with van der Waals surface area (Å²) >= 11 is 3.58. The molecule has 3 aromatic rings. The highest BCUT2D eigenvalue weighted by atomic mass is 79.9. The number of anilines is 2. The summed E-state index contributed by atoms with van der Waals surface area (Å²) in [6, 6.07) is 20.2. The van der Waals surface area contributed by atoms with E-state index in [2.05, 4.69) is 46.4 Å². The predicted octanol–water partition coefficient (Wildman–Crippen LogP) is 5.53. The van der Waals surface area contributed by atoms with Crippen LogP contribution in [0.15, 0.2) is 59.1 Å². The van der Waals surface area contributed by atoms with E-state index in [-0.39, 0.29) is 0 Å². The summed E-state index contributed by atoms with van der Waals surface area (Å²) in [5.74, 6) is 0. The number of aryl methyl sites for hydroxylation is 1. The highest BCUT2D eigenvalue weighted by Gasteiger charge is 2.07. The molecule has 21 heavy (non-hydrogen) atoms. The minimum atomic E-state index is 0.694. The molecular weight excluding hydrogens is 324 g/mol. The van der Waals surface area contributed by atoms with Crippen LogP contribution in [0.4, 0.5) is 11.4 Å². The zero-order chi connectivity index (χ0) is 14.8. The Labute approximate surface area is 132 Å². The molecule has 0 unspecified atom stereocenters. The van der Waals surface area contributed by atoms with Crippen molar-refractivity contribution in [2.75, 3.05) is 5.32 Å². The molecule has 0 fully saturated rings. The van der Waals surface area contributed by atoms with Crippen LogP contribution in [0.3, 0.4) is 0 Å². The second kappa shape index (κ2) is 5.59. The molecule has 2 nitrogen and oxygen atoms in total. The maximum absolute atomic E-state index is 9.21. The van der Waals surface area contributed by atoms with E-state index in [1.54, 1.807) is 0 Å². The second-order valence-corrected chi connectivity index (χ2v) is 5.78. The molecule has 0 aliphatic heterocycles. The van der Waals surface area contributed by atoms with Crippen molar-refractivity contribution in [2.45, 2.75) is 6.92 Å². The fourth-order valence-corrected chi connectivity index (χ4v) is 2.96. The van der Waals surface area contributed by atoms with Crippen molar-refractivity contribution in [2.24, 2.45) is 0 Å². The van der Waals surface area contributed by atoms with E-state index in [4.69, 9.17) is 0 Å². The first-order valence-electron chi connectivity index (χ1n) is 6.64. The highest BCUT2D eigenvalue weighted by molar-refractivity contribution is 9.10. The summed E-state index contributed by atoms with van der Waals surface area (Å²) in [4.78, 5) is 0. The molecule has 0 atom stereocenters. The molecule has 0 aliphatic carbocycles. The van der Waals surface area contributed by atoms with Crippen LogP contribution in [0.2, 0.25) is 0 Å². The smallest absolute Gasteiger partial charge is 0.0998 e. The van der Waals surface area contributed by atoms with Gasteiger partial charge < -0.3 is 5.32 Å². The van der Waals surface area contributed by atoms with Crippen molar-refractivity contribution in [3.05, 3.63) is 70.2 Å². The van der Waals surface area contributed by atoms with Gasteiger partial charge in [-0.25, -0.2) is 0 Å². The Morgan fingerprint density at radius 1 is 0.952 bits per heavy atom. The maximum atomic E-state index is 9.21. The van der Waals surface area contributed by atoms with Crippen molar-refractivity contribution >= 4 is 38.1 Å². The zero-order valence-corrected chi connectivity index (χ0v) is 13.1. The van der Waals surface area contributed by atoms with E-state index in [0.717, 1.165) is 26.6 Å². The zero-order valence-electron chi connectivity index (χ0n) is 11.5. The third kappa shape index (κ3) is 2.63. The number of hydrogen-bond acceptors (Lipinski definition) is 2. The van der Waals surface area contributed by atoms with Crippen LogP contribution in [0.1, 0.15) is 11.1 Å². The molecule has 102 valence electrons. The van der Waals surface area contributed by atoms with E-state index in [1.807, 2.05) is 42.5 Å². The number of halogens is 1. The summed E-state index contributed by atoms with van der Waals surface area (Å²) in [6.45, 7) is 2.06. The van der Waals surface area contributed by atoms with E-state index in [0.29, 0.717) is 5.56 Å². The third-order valence-corrected chi connectivity index (χ3v) is 4.09. The Kier molecular flexibility index (Phi) is 3.64. The van der Waals surface area contributed by atoms with Crippen molar-refractivity contribution < 1.29 is 0 Å². The molecule has 0 amide bonds. The van der Waals surface area contributed by atoms with Crippen LogP contribution >= 0.6 is 15.9 Å². The summed E-state index contributed by atoms with van der Waals surface area (Å²) in [7, 11) is 0. The first-order chi connectivity index (χ1) is 10.2. The Bertz CT molecular complexity index is 863. The van der Waals surface area contributed by atoms with Crippen molar-refractivity contribution in [1.82, 2.24) is 0 Å². The predicted molar refractivity (Wildman–Crippen MR) is 90.8 cm³/mol. The van der Waals surface area contributed by atoms with Crippen LogP contribution in [-0.2, 0) is 0 Å². The standard InChI is InChI=1S/C18H13BrN2/c1-12-6-8-18(16(19)10-12)21-17-9-7-13(11-20)14-4-2-3-5-15(14)17/h2-10,21H,1H3. The normalized spacial score (nSPS) is 10.3. The molecule has 3 rings (SSSR count). The van der Waals surface area contributed by atoms with Gasteiger partial charge in [0.1, 0.15) is 0 Å². The van der Waals surface area contributed by atoms with Gasteiger partial charge in [0.05, 0.1) is 17.3 Å². The minimum Gasteiger partial charge on any atom is -0.354 e. The number of rotatable bonds is 2. The van der Waals surface area contributed by atoms with Crippen LogP contribution < -0.4 is 5.32 Å². The van der Waals surface area contributed by atoms with Gasteiger partial charge in [0.2, 0.25) is 0 Å². The quantitative estimate of drug-likeness (QED) is 0.668. The van der Waals surface area contributed by atoms with Crippen LogP contribution in [0.5, 0.6) is 0 Å². The Morgan fingerprint density at radius 3 is 2.38 bits per heavy atom. The molecule has 0 radical (unpaired) electrons. The SMILES string of the molecule is Cc1ccc(Nc2ccc(C#N)c3ccccc23)c(Br)c1. The molecular formula is C18H13BrN2. The Morgan fingerprint density at radius 2 is 1.67 bits per heavy atom. The van der Waals surface area contributed by atoms with E-state index in [1.165, 1.54) is 5.56 Å². The van der Waals surface area contributed by atoms with Gasteiger partial charge in [0, 0.05) is 20.9 Å². The van der Waals surface area contributed by atoms with E-state index < -0.39 is 0 Å². The summed E-state index contributed by atoms with van der Waals surface area (Å²) < 4.78 is 1.02. The topological polar surface area (TPSA) is 35.8 Å². The van der Waals surface area contributed by atoms with E-state index >= 15 is 0 Å². The summed E-state index contributed by atoms with van der Waals surface area (Å²) in [6.07, 6.45) is 0. The fraction of sp³-hybridized carbons (Fsp3) is 0.0556. The third-order valence-electron chi connectivity index (χ3n) is 3.44. The van der Waals surface area contributed by atoms with Gasteiger partial charge in [-0.3, -0.25) is 0 Å². The molecule has 1 N–H and O–H groups in total. The van der Waals surface area contributed by atoms with Crippen LogP contribution in [0, 0.1) is 18.3 Å². The van der Waals surface area contributed by atoms with Gasteiger partial charge in [0.15, 0.2) is 0 Å². The first kappa shape index (κ1) is 13.7. The van der Waals surface area contributed by atoms with E-state index in [9.17, 15) is 5.26 Å². The number of fused-ring (bicyclic) bond motifs is 1. The number of hydrogen-bond donors (Lipinski definition) is 1. The van der Waals surface area contributed by atoms with Crippen molar-refractivity contribution in [1.29, 1.82) is 5.26 Å². The number of nitrogens with one attached hydrogen (secondary N) is 1. The fourth-order valence-electron chi connectivity index (χ4n) is 2.37. The average Bonchev–Trinajstić information content (AvgIpc) is 2.50. The number of benzene rings is 3. The Hall–Kier alpha value is -2.31. The molecule has 0 aromatic heterocycles. The van der Waals surface area contributed by atoms with Crippen molar-refractivity contribution in [3.8, 4) is 6.07 Å². The monoisotopic (exact) mass is 336 g/mol. The number of nitriles is 1. The molecule has 0 bridgehead atoms. The Balaban J connectivity index is 2.12. The molecule has 0 saturated heterocycles. The van der Waals surface area contributed by atoms with Gasteiger partial charge in [-0.2, -0.15) is 5.26 Å². The van der Waals surface area contributed by atoms with Gasteiger partial charge in [-0.1, -0.05) is 30.3 Å². The molecule has 0 heterocycles. The average molecular weight is 337 g/mol. The molecule has 3 heteroatoms. The van der Waals surface area contributed by atoms with Gasteiger partial charge >= 0.3 is 0 Å². The molecule has 0 aliphatic rings. The van der Waals surface area contributed by atoms with Gasteiger partial charge in [-0.05, 0) is 52.7 Å². The lowest BCUT2D eigenvalue weighted by molar-refractivity contribution is 1.43. The summed E-state index contributed by atoms with van der Waals surface area (Å²) in [5, 5.41) is 14.7. The van der Waals surface area contributed by atoms with Crippen molar-refractivity contribution in [3.63, 3.8) is 0 Å². The first-order valence-corrected chi connectivity index (χ1v) is 7.43. The second-order valence-electron chi connectivity index (χ2n) is 4.93. The molecule has 0 saturated carbocycles. The largest absolute Gasteiger partial charge is 0.354 e. The number of nitrogens with zero attached hydrogens (tertiary/aromatic N) is 1. The minimum absolute atomic E-state index is 0.694. The van der Waals surface area contributed by atoms with Gasteiger partial charge in [0.25, 0.3) is 0 Å². The molecule has 0 spiro atoms. The lowest BCUT2D eigenvalue weighted by Crippen LogP contribution is -1.94. The highest BCUT2D eigenvalue weighted by Crippen LogP contribution is 2.32.